The Balaban J connectivity index is 0.00000181. The maximum Gasteiger partial charge on any atom is 0.387 e. The summed E-state index contributed by atoms with van der Waals surface area (Å²) in [6.07, 6.45) is 6.22. The molecule has 54 heavy (non-hydrogen) atoms. The highest BCUT2D eigenvalue weighted by Gasteiger charge is 2.37. The average molecular weight is 757 g/mol. The summed E-state index contributed by atoms with van der Waals surface area (Å²) in [4.78, 5) is 58.9. The number of carboxylic acid groups (broad SMARTS) is 1. The fourth-order valence-electron chi connectivity index (χ4n) is 6.96. The number of nitrogens with two attached hydrogens (primary N) is 1. The van der Waals surface area contributed by atoms with Crippen molar-refractivity contribution < 1.29 is 51.1 Å². The number of benzene rings is 2. The van der Waals surface area contributed by atoms with E-state index < -0.39 is 30.5 Å². The summed E-state index contributed by atoms with van der Waals surface area (Å²) in [5.74, 6) is -3.98. The van der Waals surface area contributed by atoms with Crippen LogP contribution >= 0.6 is 0 Å². The second kappa shape index (κ2) is 16.9. The Kier molecular flexibility index (Phi) is 12.4. The molecule has 0 aliphatic carbocycles. The number of hydrogen-bond donors (Lipinski definition) is 2. The third kappa shape index (κ3) is 8.70. The van der Waals surface area contributed by atoms with Crippen molar-refractivity contribution in [2.24, 2.45) is 11.7 Å². The number of nitrogens with one attached hydrogen (secondary N) is 1. The Morgan fingerprint density at radius 3 is 2.35 bits per heavy atom. The van der Waals surface area contributed by atoms with Crippen LogP contribution in [0.2, 0.25) is 0 Å². The molecule has 0 radical (unpaired) electrons. The van der Waals surface area contributed by atoms with Crippen molar-refractivity contribution in [2.45, 2.75) is 32.8 Å². The topological polar surface area (TPSA) is 175 Å². The van der Waals surface area contributed by atoms with E-state index in [1.165, 1.54) is 23.0 Å². The number of halogens is 4. The Hall–Kier alpha value is -5.78. The fraction of sp³-hybridized carbons (Fsp3) is 0.389. The first-order valence-corrected chi connectivity index (χ1v) is 17.2. The lowest BCUT2D eigenvalue weighted by Crippen LogP contribution is -2.57. The predicted molar refractivity (Wildman–Crippen MR) is 185 cm³/mol. The van der Waals surface area contributed by atoms with Crippen LogP contribution in [0.25, 0.3) is 16.9 Å². The highest BCUT2D eigenvalue weighted by Crippen LogP contribution is 2.33. The minimum atomic E-state index is -3.31. The lowest BCUT2D eigenvalue weighted by molar-refractivity contribution is -0.907. The number of carbonyl (C=O) groups excluding carboxylic acids is 4. The molecular formula is C36H40F4N8O6. The molecule has 0 spiro atoms. The average Bonchev–Trinajstić information content (AvgIpc) is 3.58. The Bertz CT molecular complexity index is 2010. The van der Waals surface area contributed by atoms with Gasteiger partial charge in [0.2, 0.25) is 11.7 Å². The van der Waals surface area contributed by atoms with Crippen molar-refractivity contribution in [1.82, 2.24) is 24.2 Å². The zero-order valence-electron chi connectivity index (χ0n) is 29.6. The van der Waals surface area contributed by atoms with Gasteiger partial charge in [0, 0.05) is 80.6 Å². The third-order valence-corrected chi connectivity index (χ3v) is 9.75. The number of primary amides is 1. The minimum absolute atomic E-state index is 0.0972. The van der Waals surface area contributed by atoms with Crippen LogP contribution in [-0.2, 0) is 20.8 Å². The number of amides is 3. The van der Waals surface area contributed by atoms with Crippen LogP contribution in [0.15, 0.2) is 48.9 Å². The van der Waals surface area contributed by atoms with Crippen molar-refractivity contribution in [1.29, 1.82) is 0 Å². The number of imidazole rings is 1. The molecule has 2 aliphatic heterocycles. The number of alkyl halides is 2. The third-order valence-electron chi connectivity index (χ3n) is 9.75. The SMILES string of the molecule is CCc1cc(Nc2nccn3c(-c4ccc(OC(F)F)c(F)c4F)cnc23)ccc1C(=O)N1CCN(C(=O)C2CC[N+](C)(CC(N)=O)CC2)CC1.O=C[O-]. The number of aryl methyl sites for hydroxylation is 1. The number of piperazine rings is 1. The number of likely N-dealkylation sites (N-methyl/N-ethyl adjacent to an activating group) is 1. The van der Waals surface area contributed by atoms with Crippen LogP contribution in [0, 0.1) is 17.6 Å². The van der Waals surface area contributed by atoms with Crippen LogP contribution in [0.5, 0.6) is 5.75 Å². The Morgan fingerprint density at radius 2 is 1.72 bits per heavy atom. The van der Waals surface area contributed by atoms with Gasteiger partial charge in [-0.3, -0.25) is 18.8 Å². The molecule has 0 atom stereocenters. The summed E-state index contributed by atoms with van der Waals surface area (Å²) in [6.45, 7) is 1.55. The van der Waals surface area contributed by atoms with E-state index in [4.69, 9.17) is 15.6 Å². The molecule has 4 heterocycles. The van der Waals surface area contributed by atoms with Gasteiger partial charge in [0.25, 0.3) is 11.8 Å². The van der Waals surface area contributed by atoms with E-state index in [1.54, 1.807) is 17.0 Å². The number of fused-ring (bicyclic) bond motifs is 1. The van der Waals surface area contributed by atoms with E-state index in [1.807, 2.05) is 24.9 Å². The lowest BCUT2D eigenvalue weighted by Gasteiger charge is -2.41. The van der Waals surface area contributed by atoms with E-state index in [0.717, 1.165) is 30.8 Å². The van der Waals surface area contributed by atoms with Crippen molar-refractivity contribution in [2.75, 3.05) is 58.2 Å². The number of nitrogens with zero attached hydrogens (tertiary/aromatic N) is 6. The molecule has 2 aromatic carbocycles. The van der Waals surface area contributed by atoms with Gasteiger partial charge in [-0.25, -0.2) is 14.4 Å². The first-order chi connectivity index (χ1) is 25.8. The Labute approximate surface area is 307 Å². The van der Waals surface area contributed by atoms with E-state index in [-0.39, 0.29) is 47.1 Å². The van der Waals surface area contributed by atoms with Crippen LogP contribution in [0.1, 0.15) is 35.7 Å². The predicted octanol–water partition coefficient (Wildman–Crippen LogP) is 2.57. The van der Waals surface area contributed by atoms with Gasteiger partial charge in [0.1, 0.15) is 0 Å². The quantitative estimate of drug-likeness (QED) is 0.140. The second-order valence-corrected chi connectivity index (χ2v) is 13.3. The van der Waals surface area contributed by atoms with Crippen molar-refractivity contribution in [3.8, 4) is 17.0 Å². The number of likely N-dealkylation sites (tertiary alicyclic amines) is 1. The smallest absolute Gasteiger partial charge is 0.387 e. The second-order valence-electron chi connectivity index (χ2n) is 13.3. The van der Waals surface area contributed by atoms with Crippen LogP contribution in [0.4, 0.5) is 29.1 Å². The van der Waals surface area contributed by atoms with Crippen molar-refractivity contribution in [3.63, 3.8) is 0 Å². The van der Waals surface area contributed by atoms with Crippen molar-refractivity contribution in [3.05, 3.63) is 71.7 Å². The van der Waals surface area contributed by atoms with Crippen LogP contribution < -0.4 is 20.9 Å². The van der Waals surface area contributed by atoms with Crippen LogP contribution in [-0.4, -0.2) is 112 Å². The fourth-order valence-corrected chi connectivity index (χ4v) is 6.96. The summed E-state index contributed by atoms with van der Waals surface area (Å²) >= 11 is 0. The van der Waals surface area contributed by atoms with E-state index >= 15 is 0 Å². The molecule has 2 fully saturated rings. The maximum atomic E-state index is 14.9. The van der Waals surface area contributed by atoms with Gasteiger partial charge in [-0.2, -0.15) is 13.2 Å². The van der Waals surface area contributed by atoms with Gasteiger partial charge in [-0.15, -0.1) is 0 Å². The number of ether oxygens (including phenoxy) is 1. The number of carbonyl (C=O) groups is 4. The van der Waals surface area contributed by atoms with Gasteiger partial charge in [-0.1, -0.05) is 6.92 Å². The molecule has 18 heteroatoms. The van der Waals surface area contributed by atoms with Gasteiger partial charge >= 0.3 is 6.61 Å². The first kappa shape index (κ1) is 39.4. The van der Waals surface area contributed by atoms with E-state index in [2.05, 4.69) is 20.0 Å². The number of hydrogen-bond acceptors (Lipinski definition) is 9. The molecule has 2 aromatic heterocycles. The molecule has 2 saturated heterocycles. The van der Waals surface area contributed by atoms with E-state index in [9.17, 15) is 31.9 Å². The standard InChI is InChI=1S/C35H38F4N8O4.CH2O2/c1-3-21-18-23(43-31-32-42-19-26(46(32)11-10-41-31)25-6-7-27(51-35(38)39)30(37)29(25)36)4-5-24(21)34(50)45-14-12-44(13-15-45)33(49)22-8-16-47(2,17-9-22)20-28(40)48;2-1-3/h4-7,10-11,18-19,22,35H,3,8-9,12-17,20H2,1-2H3,(H2-,40,41,43,48,50);1H,(H,2,3). The number of piperidine rings is 1. The number of anilines is 2. The zero-order chi connectivity index (χ0) is 39.2. The Morgan fingerprint density at radius 1 is 1.06 bits per heavy atom. The van der Waals surface area contributed by atoms with Gasteiger partial charge in [-0.05, 0) is 42.3 Å². The van der Waals surface area contributed by atoms with Crippen LogP contribution in [0.3, 0.4) is 0 Å². The molecule has 0 bridgehead atoms. The van der Waals surface area contributed by atoms with E-state index in [0.29, 0.717) is 67.0 Å². The molecule has 3 amide bonds. The molecule has 288 valence electrons. The normalized spacial score (nSPS) is 18.5. The number of rotatable bonds is 10. The van der Waals surface area contributed by atoms with Gasteiger partial charge in [0.15, 0.2) is 29.6 Å². The summed E-state index contributed by atoms with van der Waals surface area (Å²) in [5.41, 5.74) is 7.61. The molecule has 0 saturated carbocycles. The summed E-state index contributed by atoms with van der Waals surface area (Å²) in [6, 6.07) is 7.38. The molecule has 14 nitrogen and oxygen atoms in total. The summed E-state index contributed by atoms with van der Waals surface area (Å²) < 4.78 is 60.7. The number of quaternary nitrogens is 1. The first-order valence-electron chi connectivity index (χ1n) is 17.2. The molecule has 2 aliphatic rings. The van der Waals surface area contributed by atoms with Gasteiger partial charge < -0.3 is 40.0 Å². The largest absolute Gasteiger partial charge is 0.554 e. The molecule has 6 rings (SSSR count). The minimum Gasteiger partial charge on any atom is -0.554 e. The molecule has 3 N–H and O–H groups in total. The highest BCUT2D eigenvalue weighted by molar-refractivity contribution is 5.96. The summed E-state index contributed by atoms with van der Waals surface area (Å²) in [5, 5.41) is 11.4. The molecular weight excluding hydrogens is 716 g/mol. The van der Waals surface area contributed by atoms with Crippen molar-refractivity contribution >= 4 is 41.3 Å². The maximum absolute atomic E-state index is 14.9. The number of aromatic nitrogens is 3. The zero-order valence-corrected chi connectivity index (χ0v) is 29.6. The molecule has 0 unspecified atom stereocenters. The van der Waals surface area contributed by atoms with Gasteiger partial charge in [0.05, 0.1) is 32.0 Å². The lowest BCUT2D eigenvalue weighted by atomic mass is 9.93. The monoisotopic (exact) mass is 756 g/mol. The highest BCUT2D eigenvalue weighted by atomic mass is 19.3. The molecule has 4 aromatic rings. The summed E-state index contributed by atoms with van der Waals surface area (Å²) in [7, 11) is 1.99.